The van der Waals surface area contributed by atoms with Crippen LogP contribution in [0.15, 0.2) is 48.5 Å². The van der Waals surface area contributed by atoms with E-state index < -0.39 is 27.8 Å². The van der Waals surface area contributed by atoms with Gasteiger partial charge in [0, 0.05) is 25.6 Å². The lowest BCUT2D eigenvalue weighted by molar-refractivity contribution is -0.141. The minimum atomic E-state index is -4.63. The molecule has 0 heterocycles. The predicted octanol–water partition coefficient (Wildman–Crippen LogP) is 5.28. The van der Waals surface area contributed by atoms with Gasteiger partial charge < -0.3 is 10.2 Å². The number of sulfonamides is 1. The summed E-state index contributed by atoms with van der Waals surface area (Å²) in [5.41, 5.74) is 0.754. The fourth-order valence-corrected chi connectivity index (χ4v) is 5.17. The number of amides is 2. The molecule has 0 spiro atoms. The fourth-order valence-electron chi connectivity index (χ4n) is 4.21. The van der Waals surface area contributed by atoms with Crippen molar-refractivity contribution < 1.29 is 31.2 Å². The Balaban J connectivity index is 2.27. The Morgan fingerprint density at radius 1 is 1.03 bits per heavy atom. The molecule has 0 saturated heterocycles. The van der Waals surface area contributed by atoms with Crippen LogP contribution in [0.5, 0.6) is 0 Å². The molecule has 7 nitrogen and oxygen atoms in total. The highest BCUT2D eigenvalue weighted by Gasteiger charge is 2.32. The second-order valence-electron chi connectivity index (χ2n) is 9.74. The van der Waals surface area contributed by atoms with E-state index in [2.05, 4.69) is 5.32 Å². The number of halogens is 3. The number of rotatable bonds is 13. The van der Waals surface area contributed by atoms with Crippen molar-refractivity contribution in [2.45, 2.75) is 78.2 Å². The largest absolute Gasteiger partial charge is 0.416 e. The van der Waals surface area contributed by atoms with Crippen molar-refractivity contribution in [1.82, 2.24) is 10.2 Å². The van der Waals surface area contributed by atoms with Crippen molar-refractivity contribution in [3.05, 3.63) is 65.2 Å². The van der Waals surface area contributed by atoms with E-state index in [-0.39, 0.29) is 49.5 Å². The molecule has 2 aromatic rings. The monoisotopic (exact) mass is 569 g/mol. The zero-order valence-electron chi connectivity index (χ0n) is 23.1. The van der Waals surface area contributed by atoms with Crippen LogP contribution < -0.4 is 9.62 Å². The first kappa shape index (κ1) is 32.1. The summed E-state index contributed by atoms with van der Waals surface area (Å²) in [5, 5.41) is 2.93. The summed E-state index contributed by atoms with van der Waals surface area (Å²) in [4.78, 5) is 28.1. The maximum absolute atomic E-state index is 13.5. The van der Waals surface area contributed by atoms with Crippen molar-refractivity contribution in [3.63, 3.8) is 0 Å². The number of benzene rings is 2. The molecule has 0 aromatic heterocycles. The molecule has 0 saturated carbocycles. The number of nitrogens with one attached hydrogen (secondary N) is 1. The third-order valence-electron chi connectivity index (χ3n) is 6.44. The van der Waals surface area contributed by atoms with Crippen LogP contribution in [0.2, 0.25) is 0 Å². The van der Waals surface area contributed by atoms with Gasteiger partial charge in [0.2, 0.25) is 21.8 Å². The first-order valence-electron chi connectivity index (χ1n) is 13.0. The van der Waals surface area contributed by atoms with Crippen molar-refractivity contribution >= 4 is 27.5 Å². The highest BCUT2D eigenvalue weighted by molar-refractivity contribution is 7.92. The van der Waals surface area contributed by atoms with Crippen LogP contribution in [-0.2, 0) is 32.3 Å². The number of anilines is 1. The van der Waals surface area contributed by atoms with E-state index in [0.29, 0.717) is 6.42 Å². The lowest BCUT2D eigenvalue weighted by Crippen LogP contribution is -2.50. The van der Waals surface area contributed by atoms with Gasteiger partial charge in [0.1, 0.15) is 6.04 Å². The average Bonchev–Trinajstić information content (AvgIpc) is 2.85. The Bertz CT molecular complexity index is 1230. The molecule has 0 bridgehead atoms. The lowest BCUT2D eigenvalue weighted by Gasteiger charge is -2.32. The van der Waals surface area contributed by atoms with Crippen molar-refractivity contribution in [3.8, 4) is 0 Å². The summed E-state index contributed by atoms with van der Waals surface area (Å²) in [5.74, 6) is -0.616. The molecule has 0 radical (unpaired) electrons. The summed E-state index contributed by atoms with van der Waals surface area (Å²) in [7, 11) is -3.93. The summed E-state index contributed by atoms with van der Waals surface area (Å²) in [6.07, 6.45) is -2.66. The summed E-state index contributed by atoms with van der Waals surface area (Å²) in [6.45, 7) is 7.56. The van der Waals surface area contributed by atoms with Gasteiger partial charge in [0.25, 0.3) is 0 Å². The maximum atomic E-state index is 13.5. The maximum Gasteiger partial charge on any atom is 0.416 e. The average molecular weight is 570 g/mol. The number of hydrogen-bond donors (Lipinski definition) is 1. The van der Waals surface area contributed by atoms with Crippen LogP contribution in [-0.4, -0.2) is 50.0 Å². The third kappa shape index (κ3) is 9.56. The molecule has 2 amide bonds. The van der Waals surface area contributed by atoms with Crippen LogP contribution in [0.3, 0.4) is 0 Å². The molecule has 0 aliphatic rings. The Morgan fingerprint density at radius 2 is 1.69 bits per heavy atom. The van der Waals surface area contributed by atoms with Crippen molar-refractivity contribution in [2.75, 3.05) is 17.1 Å². The molecule has 0 unspecified atom stereocenters. The molecule has 0 fully saturated rings. The summed E-state index contributed by atoms with van der Waals surface area (Å²) in [6, 6.07) is 10.9. The first-order chi connectivity index (χ1) is 18.2. The number of alkyl halides is 3. The van der Waals surface area contributed by atoms with E-state index in [9.17, 15) is 31.2 Å². The molecule has 0 aliphatic carbocycles. The van der Waals surface area contributed by atoms with Gasteiger partial charge >= 0.3 is 6.18 Å². The topological polar surface area (TPSA) is 86.8 Å². The Hall–Kier alpha value is -3.08. The zero-order chi connectivity index (χ0) is 29.4. The second-order valence-corrected chi connectivity index (χ2v) is 11.6. The fraction of sp³-hybridized carbons (Fsp3) is 0.500. The molecule has 39 heavy (non-hydrogen) atoms. The molecule has 11 heteroatoms. The zero-order valence-corrected chi connectivity index (χ0v) is 23.9. The summed E-state index contributed by atoms with van der Waals surface area (Å²) < 4.78 is 65.4. The molecular formula is C28H38F3N3O4S. The molecule has 2 rings (SSSR count). The Kier molecular flexibility index (Phi) is 11.4. The number of hydrogen-bond acceptors (Lipinski definition) is 4. The van der Waals surface area contributed by atoms with Gasteiger partial charge in [-0.05, 0) is 56.9 Å². The third-order valence-corrected chi connectivity index (χ3v) is 7.63. The van der Waals surface area contributed by atoms with E-state index in [4.69, 9.17) is 0 Å². The highest BCUT2D eigenvalue weighted by atomic mass is 32.2. The van der Waals surface area contributed by atoms with Crippen LogP contribution in [0, 0.1) is 6.92 Å². The van der Waals surface area contributed by atoms with Gasteiger partial charge in [-0.1, -0.05) is 49.7 Å². The van der Waals surface area contributed by atoms with Gasteiger partial charge in [0.15, 0.2) is 0 Å². The molecule has 1 N–H and O–H groups in total. The lowest BCUT2D eigenvalue weighted by atomic mass is 10.1. The Morgan fingerprint density at radius 3 is 2.26 bits per heavy atom. The van der Waals surface area contributed by atoms with Crippen LogP contribution in [0.25, 0.3) is 0 Å². The minimum absolute atomic E-state index is 0.0515. The predicted molar refractivity (Wildman–Crippen MR) is 147 cm³/mol. The molecule has 216 valence electrons. The Labute approximate surface area is 229 Å². The van der Waals surface area contributed by atoms with Gasteiger partial charge in [-0.15, -0.1) is 0 Å². The van der Waals surface area contributed by atoms with E-state index >= 15 is 0 Å². The van der Waals surface area contributed by atoms with Gasteiger partial charge in [-0.25, -0.2) is 8.42 Å². The quantitative estimate of drug-likeness (QED) is 0.356. The first-order valence-corrected chi connectivity index (χ1v) is 14.8. The number of aryl methyl sites for hydroxylation is 1. The minimum Gasteiger partial charge on any atom is -0.352 e. The van der Waals surface area contributed by atoms with Gasteiger partial charge in [-0.2, -0.15) is 13.2 Å². The summed E-state index contributed by atoms with van der Waals surface area (Å²) >= 11 is 0. The molecular weight excluding hydrogens is 531 g/mol. The highest BCUT2D eigenvalue weighted by Crippen LogP contribution is 2.32. The van der Waals surface area contributed by atoms with Crippen LogP contribution in [0.4, 0.5) is 18.9 Å². The second kappa shape index (κ2) is 13.8. The van der Waals surface area contributed by atoms with Gasteiger partial charge in [0.05, 0.1) is 17.5 Å². The number of carbonyl (C=O) groups is 2. The van der Waals surface area contributed by atoms with E-state index in [1.165, 1.54) is 11.0 Å². The molecule has 2 aromatic carbocycles. The smallest absolute Gasteiger partial charge is 0.352 e. The van der Waals surface area contributed by atoms with Crippen LogP contribution in [0.1, 0.15) is 63.1 Å². The normalized spacial score (nSPS) is 13.4. The van der Waals surface area contributed by atoms with Gasteiger partial charge in [-0.3, -0.25) is 13.9 Å². The number of carbonyl (C=O) groups excluding carboxylic acids is 2. The van der Waals surface area contributed by atoms with E-state index in [0.717, 1.165) is 46.3 Å². The SMILES string of the molecule is CC[C@H](C)NC(=O)[C@H](CC)N(Cc1cccc(C)c1)C(=O)CCCN(c1cccc(C(F)(F)F)c1)S(C)(=O)=O. The van der Waals surface area contributed by atoms with Crippen LogP contribution >= 0.6 is 0 Å². The van der Waals surface area contributed by atoms with Crippen molar-refractivity contribution in [2.24, 2.45) is 0 Å². The van der Waals surface area contributed by atoms with E-state index in [1.807, 2.05) is 52.0 Å². The molecule has 0 aliphatic heterocycles. The number of nitrogens with zero attached hydrogens (tertiary/aromatic N) is 2. The standard InChI is InChI=1S/C28H38F3N3O4S/c1-6-21(4)32-27(36)25(7-2)33(19-22-12-8-11-20(3)17-22)26(35)15-10-16-34(39(5,37)38)24-14-9-13-23(18-24)28(29,30)31/h8-9,11-14,17-18,21,25H,6-7,10,15-16,19H2,1-5H3,(H,32,36)/t21-,25-/m0/s1. The molecule has 2 atom stereocenters. The van der Waals surface area contributed by atoms with E-state index in [1.54, 1.807) is 0 Å². The van der Waals surface area contributed by atoms with Crippen molar-refractivity contribution in [1.29, 1.82) is 0 Å².